The van der Waals surface area contributed by atoms with E-state index in [4.69, 9.17) is 4.74 Å². The molecule has 9 heteroatoms. The number of alkyl halides is 3. The lowest BCUT2D eigenvalue weighted by atomic mass is 9.78. The Morgan fingerprint density at radius 3 is 2.97 bits per heavy atom. The number of aliphatic hydroxyl groups is 1. The van der Waals surface area contributed by atoms with Gasteiger partial charge in [-0.15, -0.1) is 0 Å². The van der Waals surface area contributed by atoms with Crippen molar-refractivity contribution < 1.29 is 27.8 Å². The van der Waals surface area contributed by atoms with E-state index in [0.717, 1.165) is 50.8 Å². The molecule has 5 atom stereocenters. The number of amides is 1. The molecule has 1 aromatic heterocycles. The number of hydrogen-bond donors (Lipinski definition) is 2. The molecular weight excluding hydrogens is 423 g/mol. The molecule has 2 saturated carbocycles. The SMILES string of the molecule is O=C(N1CCc2ncc(C(F)(F)F)cc2C1)C12CCCC1CC(NC1CCOCC1O)C2. The van der Waals surface area contributed by atoms with Gasteiger partial charge in [0.15, 0.2) is 0 Å². The normalized spacial score (nSPS) is 34.9. The van der Waals surface area contributed by atoms with Crippen LogP contribution in [-0.4, -0.2) is 58.8 Å². The second-order valence-electron chi connectivity index (χ2n) is 9.89. The lowest BCUT2D eigenvalue weighted by Crippen LogP contribution is -2.50. The zero-order valence-electron chi connectivity index (χ0n) is 18.0. The molecule has 1 saturated heterocycles. The van der Waals surface area contributed by atoms with Crippen molar-refractivity contribution in [1.29, 1.82) is 0 Å². The van der Waals surface area contributed by atoms with E-state index in [1.165, 1.54) is 0 Å². The Morgan fingerprint density at radius 2 is 2.19 bits per heavy atom. The van der Waals surface area contributed by atoms with Crippen molar-refractivity contribution in [1.82, 2.24) is 15.2 Å². The van der Waals surface area contributed by atoms with Gasteiger partial charge in [0.05, 0.1) is 23.7 Å². The minimum absolute atomic E-state index is 0.0199. The van der Waals surface area contributed by atoms with E-state index in [1.54, 1.807) is 4.90 Å². The Morgan fingerprint density at radius 1 is 1.34 bits per heavy atom. The summed E-state index contributed by atoms with van der Waals surface area (Å²) in [7, 11) is 0. The zero-order chi connectivity index (χ0) is 22.5. The highest BCUT2D eigenvalue weighted by molar-refractivity contribution is 5.84. The summed E-state index contributed by atoms with van der Waals surface area (Å²) in [5.41, 5.74) is -0.0478. The fraction of sp³-hybridized carbons (Fsp3) is 0.739. The number of carbonyl (C=O) groups excluding carboxylic acids is 1. The van der Waals surface area contributed by atoms with Gasteiger partial charge < -0.3 is 20.1 Å². The smallest absolute Gasteiger partial charge is 0.389 e. The second-order valence-corrected chi connectivity index (χ2v) is 9.89. The van der Waals surface area contributed by atoms with E-state index in [1.807, 2.05) is 0 Å². The quantitative estimate of drug-likeness (QED) is 0.736. The third-order valence-electron chi connectivity index (χ3n) is 7.99. The van der Waals surface area contributed by atoms with Crippen molar-refractivity contribution in [3.8, 4) is 0 Å². The third kappa shape index (κ3) is 3.92. The van der Waals surface area contributed by atoms with E-state index in [9.17, 15) is 23.1 Å². The van der Waals surface area contributed by atoms with E-state index >= 15 is 0 Å². The maximum Gasteiger partial charge on any atom is 0.417 e. The summed E-state index contributed by atoms with van der Waals surface area (Å²) in [6.45, 7) is 1.64. The number of rotatable bonds is 3. The second kappa shape index (κ2) is 8.25. The molecule has 0 radical (unpaired) electrons. The Labute approximate surface area is 185 Å². The molecular formula is C23H30F3N3O3. The first-order valence-electron chi connectivity index (χ1n) is 11.6. The molecule has 4 aliphatic rings. The van der Waals surface area contributed by atoms with Crippen LogP contribution in [-0.2, 0) is 28.7 Å². The van der Waals surface area contributed by atoms with Crippen LogP contribution in [0.5, 0.6) is 0 Å². The van der Waals surface area contributed by atoms with E-state index < -0.39 is 23.3 Å². The van der Waals surface area contributed by atoms with Crippen LogP contribution in [0.1, 0.15) is 55.3 Å². The molecule has 1 aromatic rings. The number of carbonyl (C=O) groups is 1. The largest absolute Gasteiger partial charge is 0.417 e. The fourth-order valence-corrected chi connectivity index (χ4v) is 6.41. The van der Waals surface area contributed by atoms with Crippen molar-refractivity contribution in [3.05, 3.63) is 29.1 Å². The number of nitrogens with zero attached hydrogens (tertiary/aromatic N) is 2. The minimum atomic E-state index is -4.44. The number of ether oxygens (including phenoxy) is 1. The number of hydrogen-bond acceptors (Lipinski definition) is 5. The van der Waals surface area contributed by atoms with Gasteiger partial charge >= 0.3 is 6.18 Å². The number of halogens is 3. The van der Waals surface area contributed by atoms with Crippen molar-refractivity contribution >= 4 is 5.91 Å². The molecule has 2 N–H and O–H groups in total. The highest BCUT2D eigenvalue weighted by Crippen LogP contribution is 2.55. The maximum atomic E-state index is 13.8. The number of aromatic nitrogens is 1. The van der Waals surface area contributed by atoms with Crippen LogP contribution in [0.15, 0.2) is 12.3 Å². The Hall–Kier alpha value is -1.71. The van der Waals surface area contributed by atoms with Crippen LogP contribution in [0, 0.1) is 11.3 Å². The first kappa shape index (κ1) is 22.1. The van der Waals surface area contributed by atoms with Gasteiger partial charge in [-0.05, 0) is 49.7 Å². The van der Waals surface area contributed by atoms with Crippen LogP contribution >= 0.6 is 0 Å². The summed E-state index contributed by atoms with van der Waals surface area (Å²) in [6.07, 6.45) is 1.61. The van der Waals surface area contributed by atoms with Crippen LogP contribution < -0.4 is 5.32 Å². The zero-order valence-corrected chi connectivity index (χ0v) is 18.0. The highest BCUT2D eigenvalue weighted by Gasteiger charge is 2.56. The van der Waals surface area contributed by atoms with Gasteiger partial charge in [-0.25, -0.2) is 0 Å². The standard InChI is InChI=1S/C23H30F3N3O3/c24-23(25,26)16-8-14-12-29(6-3-18(14)27-11-16)21(31)22-5-1-2-15(22)9-17(10-22)28-19-4-7-32-13-20(19)30/h8,11,15,17,19-20,28,30H,1-7,9-10,12-13H2. The van der Waals surface area contributed by atoms with Crippen molar-refractivity contribution in [2.24, 2.45) is 11.3 Å². The predicted octanol–water partition coefficient (Wildman–Crippen LogP) is 2.67. The number of pyridine rings is 1. The van der Waals surface area contributed by atoms with Crippen LogP contribution in [0.2, 0.25) is 0 Å². The summed E-state index contributed by atoms with van der Waals surface area (Å²) < 4.78 is 44.8. The molecule has 176 valence electrons. The van der Waals surface area contributed by atoms with E-state index in [-0.39, 0.29) is 30.5 Å². The van der Waals surface area contributed by atoms with Crippen molar-refractivity contribution in [2.75, 3.05) is 19.8 Å². The van der Waals surface area contributed by atoms with E-state index in [2.05, 4.69) is 10.3 Å². The summed E-state index contributed by atoms with van der Waals surface area (Å²) in [6, 6.07) is 1.29. The Bertz CT molecular complexity index is 880. The first-order chi connectivity index (χ1) is 15.3. The summed E-state index contributed by atoms with van der Waals surface area (Å²) >= 11 is 0. The van der Waals surface area contributed by atoms with Gasteiger partial charge in [0.2, 0.25) is 5.91 Å². The maximum absolute atomic E-state index is 13.8. The first-order valence-corrected chi connectivity index (χ1v) is 11.6. The topological polar surface area (TPSA) is 74.7 Å². The highest BCUT2D eigenvalue weighted by atomic mass is 19.4. The molecule has 0 bridgehead atoms. The number of fused-ring (bicyclic) bond motifs is 2. The van der Waals surface area contributed by atoms with Crippen molar-refractivity contribution in [3.63, 3.8) is 0 Å². The third-order valence-corrected chi connectivity index (χ3v) is 7.99. The average Bonchev–Trinajstić information content (AvgIpc) is 3.31. The molecule has 5 rings (SSSR count). The molecule has 0 spiro atoms. The predicted molar refractivity (Wildman–Crippen MR) is 110 cm³/mol. The lowest BCUT2D eigenvalue weighted by molar-refractivity contribution is -0.144. The van der Waals surface area contributed by atoms with Gasteiger partial charge in [-0.2, -0.15) is 13.2 Å². The summed E-state index contributed by atoms with van der Waals surface area (Å²) in [5.74, 6) is 0.366. The Kier molecular flexibility index (Phi) is 5.70. The molecule has 3 heterocycles. The number of aliphatic hydroxyl groups excluding tert-OH is 1. The fourth-order valence-electron chi connectivity index (χ4n) is 6.41. The van der Waals surface area contributed by atoms with E-state index in [0.29, 0.717) is 37.4 Å². The molecule has 0 aromatic carbocycles. The molecule has 6 nitrogen and oxygen atoms in total. The van der Waals surface area contributed by atoms with Gasteiger partial charge in [0, 0.05) is 50.1 Å². The molecule has 3 fully saturated rings. The lowest BCUT2D eigenvalue weighted by Gasteiger charge is -2.37. The summed E-state index contributed by atoms with van der Waals surface area (Å²) in [4.78, 5) is 19.6. The van der Waals surface area contributed by atoms with Crippen LogP contribution in [0.3, 0.4) is 0 Å². The van der Waals surface area contributed by atoms with Gasteiger partial charge in [0.25, 0.3) is 0 Å². The monoisotopic (exact) mass is 453 g/mol. The van der Waals surface area contributed by atoms with Gasteiger partial charge in [-0.3, -0.25) is 9.78 Å². The minimum Gasteiger partial charge on any atom is -0.389 e. The molecule has 5 unspecified atom stereocenters. The average molecular weight is 454 g/mol. The molecule has 2 aliphatic heterocycles. The molecule has 32 heavy (non-hydrogen) atoms. The van der Waals surface area contributed by atoms with Gasteiger partial charge in [-0.1, -0.05) is 6.42 Å². The Balaban J connectivity index is 1.31. The molecule has 1 amide bonds. The van der Waals surface area contributed by atoms with Crippen molar-refractivity contribution in [2.45, 2.75) is 75.9 Å². The van der Waals surface area contributed by atoms with Crippen LogP contribution in [0.25, 0.3) is 0 Å². The molecule has 2 aliphatic carbocycles. The number of nitrogens with one attached hydrogen (secondary N) is 1. The van der Waals surface area contributed by atoms with Gasteiger partial charge in [0.1, 0.15) is 0 Å². The summed E-state index contributed by atoms with van der Waals surface area (Å²) in [5, 5.41) is 13.8. The van der Waals surface area contributed by atoms with Crippen LogP contribution in [0.4, 0.5) is 13.2 Å².